The summed E-state index contributed by atoms with van der Waals surface area (Å²) in [5, 5.41) is 4.86. The van der Waals surface area contributed by atoms with Crippen LogP contribution < -0.4 is 4.74 Å². The summed E-state index contributed by atoms with van der Waals surface area (Å²) in [7, 11) is 0. The largest absolute Gasteiger partial charge is 0.484 e. The summed E-state index contributed by atoms with van der Waals surface area (Å²) in [5.41, 5.74) is 7.79. The van der Waals surface area contributed by atoms with Gasteiger partial charge in [-0.1, -0.05) is 85.0 Å². The van der Waals surface area contributed by atoms with Crippen molar-refractivity contribution in [3.63, 3.8) is 0 Å². The molecule has 0 amide bonds. The summed E-state index contributed by atoms with van der Waals surface area (Å²) in [6, 6.07) is 34.9. The van der Waals surface area contributed by atoms with Crippen molar-refractivity contribution in [2.45, 2.75) is 12.0 Å². The summed E-state index contributed by atoms with van der Waals surface area (Å²) in [4.78, 5) is 0. The Balaban J connectivity index is 1.22. The van der Waals surface area contributed by atoms with Gasteiger partial charge in [-0.15, -0.1) is 11.3 Å². The maximum Gasteiger partial charge on any atom is 0.143 e. The van der Waals surface area contributed by atoms with Crippen molar-refractivity contribution in [2.24, 2.45) is 0 Å². The molecule has 2 aliphatic rings. The molecule has 0 N–H and O–H groups in total. The van der Waals surface area contributed by atoms with Gasteiger partial charge in [0.1, 0.15) is 23.0 Å². The molecule has 1 aliphatic carbocycles. The molecule has 0 fully saturated rings. The number of thiophene rings is 1. The second-order valence-electron chi connectivity index (χ2n) is 10.4. The summed E-state index contributed by atoms with van der Waals surface area (Å²) >= 11 is 1.85. The van der Waals surface area contributed by atoms with Crippen LogP contribution in [0.25, 0.3) is 64.4 Å². The Labute approximate surface area is 229 Å². The first-order valence-electron chi connectivity index (χ1n) is 13.3. The minimum Gasteiger partial charge on any atom is -0.484 e. The molecule has 2 atom stereocenters. The highest BCUT2D eigenvalue weighted by atomic mass is 32.1. The van der Waals surface area contributed by atoms with E-state index in [9.17, 15) is 0 Å². The lowest BCUT2D eigenvalue weighted by Crippen LogP contribution is -2.15. The van der Waals surface area contributed by atoms with Crippen molar-refractivity contribution in [3.05, 3.63) is 127 Å². The van der Waals surface area contributed by atoms with E-state index in [0.717, 1.165) is 38.8 Å². The first-order valence-corrected chi connectivity index (χ1v) is 14.2. The highest BCUT2D eigenvalue weighted by molar-refractivity contribution is 7.25. The van der Waals surface area contributed by atoms with Crippen molar-refractivity contribution in [1.82, 2.24) is 0 Å². The van der Waals surface area contributed by atoms with Crippen molar-refractivity contribution in [1.29, 1.82) is 0 Å². The molecule has 2 aromatic heterocycles. The van der Waals surface area contributed by atoms with Crippen LogP contribution in [0.4, 0.5) is 0 Å². The SMILES string of the molecule is C1=CC2Oc3c(-c4ccc5sc6ccc(-c7cccc8c7oc7ccccc78)cc6c5c4)cccc3C2C=C1. The number of rotatable bonds is 2. The van der Waals surface area contributed by atoms with Gasteiger partial charge in [0.15, 0.2) is 0 Å². The number of allylic oxidation sites excluding steroid dienone is 2. The second kappa shape index (κ2) is 7.95. The van der Waals surface area contributed by atoms with E-state index >= 15 is 0 Å². The van der Waals surface area contributed by atoms with Crippen LogP contribution in [-0.2, 0) is 0 Å². The first kappa shape index (κ1) is 21.3. The fourth-order valence-corrected chi connectivity index (χ4v) is 7.45. The lowest BCUT2D eigenvalue weighted by Gasteiger charge is -2.14. The zero-order valence-electron chi connectivity index (χ0n) is 20.9. The third kappa shape index (κ3) is 3.08. The van der Waals surface area contributed by atoms with E-state index in [1.165, 1.54) is 36.9 Å². The third-order valence-corrected chi connectivity index (χ3v) is 9.39. The standard InChI is InChI=1S/C36H22O2S/c1-3-13-31-25(7-1)27-11-5-9-23(35(27)37-31)21-15-17-33-29(19-21)30-20-22(16-18-34(30)39-33)24-10-6-12-28-26-8-2-4-14-32(26)38-36(24)28/h1-20,25,31H. The minimum atomic E-state index is 0.0837. The van der Waals surface area contributed by atoms with Gasteiger partial charge in [-0.2, -0.15) is 0 Å². The van der Waals surface area contributed by atoms with Crippen molar-refractivity contribution in [3.8, 4) is 28.0 Å². The lowest BCUT2D eigenvalue weighted by molar-refractivity contribution is 0.270. The first-order chi connectivity index (χ1) is 19.3. The number of ether oxygens (including phenoxy) is 1. The summed E-state index contributed by atoms with van der Waals surface area (Å²) < 4.78 is 15.4. The van der Waals surface area contributed by atoms with Gasteiger partial charge in [-0.3, -0.25) is 0 Å². The van der Waals surface area contributed by atoms with Crippen molar-refractivity contribution >= 4 is 53.4 Å². The summed E-state index contributed by atoms with van der Waals surface area (Å²) in [6.07, 6.45) is 8.70. The predicted octanol–water partition coefficient (Wildman–Crippen LogP) is 10.3. The molecule has 3 heterocycles. The average molecular weight is 519 g/mol. The van der Waals surface area contributed by atoms with Crippen LogP contribution >= 0.6 is 11.3 Å². The number of fused-ring (bicyclic) bond motifs is 9. The molecule has 3 heteroatoms. The van der Waals surface area contributed by atoms with E-state index in [1.54, 1.807) is 0 Å². The molecule has 39 heavy (non-hydrogen) atoms. The van der Waals surface area contributed by atoms with Gasteiger partial charge in [0.05, 0.1) is 0 Å². The van der Waals surface area contributed by atoms with Gasteiger partial charge in [0, 0.05) is 53.6 Å². The Kier molecular flexibility index (Phi) is 4.35. The quantitative estimate of drug-likeness (QED) is 0.227. The molecular formula is C36H22O2S. The Morgan fingerprint density at radius 2 is 1.31 bits per heavy atom. The molecule has 2 unspecified atom stereocenters. The number of hydrogen-bond donors (Lipinski definition) is 0. The summed E-state index contributed by atoms with van der Waals surface area (Å²) in [5.74, 6) is 1.30. The van der Waals surface area contributed by atoms with Gasteiger partial charge in [-0.25, -0.2) is 0 Å². The van der Waals surface area contributed by atoms with E-state index in [1.807, 2.05) is 23.5 Å². The Bertz CT molecular complexity index is 2170. The van der Waals surface area contributed by atoms with Crippen molar-refractivity contribution < 1.29 is 9.15 Å². The molecule has 0 saturated carbocycles. The van der Waals surface area contributed by atoms with Crippen LogP contribution in [0.3, 0.4) is 0 Å². The highest BCUT2D eigenvalue weighted by Crippen LogP contribution is 2.48. The molecule has 2 nitrogen and oxygen atoms in total. The zero-order valence-corrected chi connectivity index (χ0v) is 21.7. The van der Waals surface area contributed by atoms with Crippen LogP contribution in [0.1, 0.15) is 11.5 Å². The molecule has 9 rings (SSSR count). The smallest absolute Gasteiger partial charge is 0.143 e. The minimum absolute atomic E-state index is 0.0837. The molecule has 7 aromatic rings. The normalized spacial score (nSPS) is 17.7. The second-order valence-corrected chi connectivity index (χ2v) is 11.5. The monoisotopic (exact) mass is 518 g/mol. The predicted molar refractivity (Wildman–Crippen MR) is 163 cm³/mol. The van der Waals surface area contributed by atoms with E-state index in [-0.39, 0.29) is 6.10 Å². The van der Waals surface area contributed by atoms with Gasteiger partial charge < -0.3 is 9.15 Å². The molecule has 0 radical (unpaired) electrons. The third-order valence-electron chi connectivity index (χ3n) is 8.24. The van der Waals surface area contributed by atoms with E-state index < -0.39 is 0 Å². The highest BCUT2D eigenvalue weighted by Gasteiger charge is 2.33. The number of para-hydroxylation sites is 3. The van der Waals surface area contributed by atoms with Crippen LogP contribution in [0.5, 0.6) is 5.75 Å². The van der Waals surface area contributed by atoms with Gasteiger partial charge in [-0.05, 0) is 47.5 Å². The van der Waals surface area contributed by atoms with Crippen LogP contribution in [0.2, 0.25) is 0 Å². The maximum absolute atomic E-state index is 6.47. The zero-order chi connectivity index (χ0) is 25.5. The van der Waals surface area contributed by atoms with Crippen LogP contribution in [0, 0.1) is 0 Å². The Morgan fingerprint density at radius 1 is 0.590 bits per heavy atom. The molecule has 0 saturated heterocycles. The number of hydrogen-bond acceptors (Lipinski definition) is 3. The van der Waals surface area contributed by atoms with Gasteiger partial charge >= 0.3 is 0 Å². The molecular weight excluding hydrogens is 496 g/mol. The Morgan fingerprint density at radius 3 is 2.18 bits per heavy atom. The Hall–Kier alpha value is -4.60. The van der Waals surface area contributed by atoms with Crippen LogP contribution in [0.15, 0.2) is 126 Å². The molecule has 1 aliphatic heterocycles. The summed E-state index contributed by atoms with van der Waals surface area (Å²) in [6.45, 7) is 0. The number of furan rings is 1. The molecule has 0 spiro atoms. The molecule has 0 bridgehead atoms. The van der Waals surface area contributed by atoms with E-state index in [2.05, 4.69) is 109 Å². The molecule has 184 valence electrons. The van der Waals surface area contributed by atoms with E-state index in [0.29, 0.717) is 5.92 Å². The average Bonchev–Trinajstić information content (AvgIpc) is 3.67. The fourth-order valence-electron chi connectivity index (χ4n) is 6.38. The maximum atomic E-state index is 6.47. The fraction of sp³-hybridized carbons (Fsp3) is 0.0556. The van der Waals surface area contributed by atoms with Gasteiger partial charge in [0.2, 0.25) is 0 Å². The van der Waals surface area contributed by atoms with Crippen LogP contribution in [-0.4, -0.2) is 6.10 Å². The molecule has 5 aromatic carbocycles. The lowest BCUT2D eigenvalue weighted by atomic mass is 9.90. The number of benzene rings is 5. The van der Waals surface area contributed by atoms with E-state index in [4.69, 9.17) is 9.15 Å². The van der Waals surface area contributed by atoms with Crippen molar-refractivity contribution in [2.75, 3.05) is 0 Å². The van der Waals surface area contributed by atoms with Gasteiger partial charge in [0.25, 0.3) is 0 Å². The topological polar surface area (TPSA) is 22.4 Å².